The average Bonchev–Trinajstić information content (AvgIpc) is 2.39. The van der Waals surface area contributed by atoms with Gasteiger partial charge in [0, 0.05) is 19.6 Å². The van der Waals surface area contributed by atoms with Crippen LogP contribution in [0.15, 0.2) is 24.3 Å². The summed E-state index contributed by atoms with van der Waals surface area (Å²) in [5, 5.41) is 0. The summed E-state index contributed by atoms with van der Waals surface area (Å²) in [4.78, 5) is 0. The summed E-state index contributed by atoms with van der Waals surface area (Å²) in [6.07, 6.45) is 0.699. The first-order chi connectivity index (χ1) is 9.70. The Kier molecular flexibility index (Phi) is 6.38. The van der Waals surface area contributed by atoms with Crippen LogP contribution in [0.3, 0.4) is 0 Å². The van der Waals surface area contributed by atoms with E-state index in [9.17, 15) is 8.42 Å². The molecule has 0 saturated heterocycles. The SMILES string of the molecule is CCN(CC)S(=O)(=O)NCCc1ccc(C(C)(C)C)cc1. The van der Waals surface area contributed by atoms with Crippen LogP contribution in [-0.4, -0.2) is 32.4 Å². The topological polar surface area (TPSA) is 49.4 Å². The van der Waals surface area contributed by atoms with E-state index in [0.717, 1.165) is 5.56 Å². The zero-order chi connectivity index (χ0) is 16.1. The van der Waals surface area contributed by atoms with Gasteiger partial charge in [-0.05, 0) is 23.0 Å². The molecule has 4 nitrogen and oxygen atoms in total. The molecule has 1 aromatic rings. The molecule has 120 valence electrons. The highest BCUT2D eigenvalue weighted by molar-refractivity contribution is 7.87. The number of benzene rings is 1. The molecular weight excluding hydrogens is 284 g/mol. The lowest BCUT2D eigenvalue weighted by molar-refractivity contribution is 0.435. The molecule has 1 aromatic carbocycles. The van der Waals surface area contributed by atoms with Crippen molar-refractivity contribution in [1.29, 1.82) is 0 Å². The second-order valence-electron chi connectivity index (χ2n) is 6.18. The number of rotatable bonds is 7. The summed E-state index contributed by atoms with van der Waals surface area (Å²) in [5.41, 5.74) is 2.57. The van der Waals surface area contributed by atoms with Gasteiger partial charge in [0.2, 0.25) is 0 Å². The van der Waals surface area contributed by atoms with Crippen LogP contribution in [0.1, 0.15) is 45.7 Å². The lowest BCUT2D eigenvalue weighted by Gasteiger charge is -2.20. The summed E-state index contributed by atoms with van der Waals surface area (Å²) in [5.74, 6) is 0. The molecule has 0 amide bonds. The van der Waals surface area contributed by atoms with E-state index < -0.39 is 10.2 Å². The largest absolute Gasteiger partial charge is 0.279 e. The van der Waals surface area contributed by atoms with Gasteiger partial charge in [-0.3, -0.25) is 0 Å². The van der Waals surface area contributed by atoms with E-state index in [1.54, 1.807) is 0 Å². The molecule has 0 heterocycles. The Morgan fingerprint density at radius 1 is 1.05 bits per heavy atom. The molecule has 0 atom stereocenters. The van der Waals surface area contributed by atoms with Crippen molar-refractivity contribution in [2.45, 2.75) is 46.5 Å². The van der Waals surface area contributed by atoms with E-state index in [-0.39, 0.29) is 5.41 Å². The maximum atomic E-state index is 12.0. The zero-order valence-electron chi connectivity index (χ0n) is 13.8. The van der Waals surface area contributed by atoms with Crippen LogP contribution >= 0.6 is 0 Å². The van der Waals surface area contributed by atoms with Crippen molar-refractivity contribution in [2.75, 3.05) is 19.6 Å². The predicted molar refractivity (Wildman–Crippen MR) is 88.7 cm³/mol. The highest BCUT2D eigenvalue weighted by atomic mass is 32.2. The first kappa shape index (κ1) is 18.1. The van der Waals surface area contributed by atoms with E-state index in [4.69, 9.17) is 0 Å². The fourth-order valence-electron chi connectivity index (χ4n) is 2.15. The van der Waals surface area contributed by atoms with Crippen molar-refractivity contribution in [3.8, 4) is 0 Å². The van der Waals surface area contributed by atoms with Gasteiger partial charge in [-0.2, -0.15) is 12.7 Å². The number of hydrogen-bond donors (Lipinski definition) is 1. The maximum absolute atomic E-state index is 12.0. The standard InChI is InChI=1S/C16H28N2O2S/c1-6-18(7-2)21(19,20)17-13-12-14-8-10-15(11-9-14)16(3,4)5/h8-11,17H,6-7,12-13H2,1-5H3. The number of hydrogen-bond acceptors (Lipinski definition) is 2. The minimum atomic E-state index is -3.34. The van der Waals surface area contributed by atoms with Crippen molar-refractivity contribution in [3.63, 3.8) is 0 Å². The van der Waals surface area contributed by atoms with Crippen LogP contribution in [0.5, 0.6) is 0 Å². The van der Waals surface area contributed by atoms with Gasteiger partial charge >= 0.3 is 0 Å². The molecule has 0 unspecified atom stereocenters. The molecule has 0 bridgehead atoms. The van der Waals surface area contributed by atoms with Gasteiger partial charge in [0.05, 0.1) is 0 Å². The van der Waals surface area contributed by atoms with Crippen LogP contribution in [0.25, 0.3) is 0 Å². The summed E-state index contributed by atoms with van der Waals surface area (Å²) in [7, 11) is -3.34. The number of nitrogens with one attached hydrogen (secondary N) is 1. The third kappa shape index (κ3) is 5.41. The van der Waals surface area contributed by atoms with Crippen molar-refractivity contribution in [3.05, 3.63) is 35.4 Å². The summed E-state index contributed by atoms with van der Waals surface area (Å²) in [6.45, 7) is 11.6. The molecule has 0 aliphatic heterocycles. The molecule has 5 heteroatoms. The van der Waals surface area contributed by atoms with Gasteiger partial charge in [-0.1, -0.05) is 58.9 Å². The van der Waals surface area contributed by atoms with Gasteiger partial charge in [0.25, 0.3) is 10.2 Å². The molecule has 0 aromatic heterocycles. The summed E-state index contributed by atoms with van der Waals surface area (Å²) in [6, 6.07) is 8.39. The molecule has 0 spiro atoms. The fourth-order valence-corrected chi connectivity index (χ4v) is 3.37. The molecule has 0 fully saturated rings. The second-order valence-corrected chi connectivity index (χ2v) is 7.94. The highest BCUT2D eigenvalue weighted by Gasteiger charge is 2.17. The van der Waals surface area contributed by atoms with Crippen molar-refractivity contribution < 1.29 is 8.42 Å². The fraction of sp³-hybridized carbons (Fsp3) is 0.625. The van der Waals surface area contributed by atoms with Crippen LogP contribution < -0.4 is 4.72 Å². The summed E-state index contributed by atoms with van der Waals surface area (Å²) >= 11 is 0. The van der Waals surface area contributed by atoms with Gasteiger partial charge in [0.15, 0.2) is 0 Å². The molecule has 0 aliphatic carbocycles. The molecule has 0 aliphatic rings. The second kappa shape index (κ2) is 7.38. The Labute approximate surface area is 129 Å². The van der Waals surface area contributed by atoms with E-state index in [1.807, 2.05) is 13.8 Å². The minimum absolute atomic E-state index is 0.142. The van der Waals surface area contributed by atoms with Gasteiger partial charge in [-0.25, -0.2) is 4.72 Å². The minimum Gasteiger partial charge on any atom is -0.202 e. The normalized spacial score (nSPS) is 12.9. The Balaban J connectivity index is 2.57. The highest BCUT2D eigenvalue weighted by Crippen LogP contribution is 2.22. The van der Waals surface area contributed by atoms with E-state index in [1.165, 1.54) is 9.87 Å². The molecule has 1 rings (SSSR count). The van der Waals surface area contributed by atoms with Crippen molar-refractivity contribution in [1.82, 2.24) is 9.03 Å². The maximum Gasteiger partial charge on any atom is 0.279 e. The van der Waals surface area contributed by atoms with Crippen LogP contribution in [0.4, 0.5) is 0 Å². The predicted octanol–water partition coefficient (Wildman–Crippen LogP) is 2.70. The van der Waals surface area contributed by atoms with E-state index in [0.29, 0.717) is 26.1 Å². The lowest BCUT2D eigenvalue weighted by Crippen LogP contribution is -2.41. The Morgan fingerprint density at radius 3 is 2.00 bits per heavy atom. The van der Waals surface area contributed by atoms with Crippen LogP contribution in [0, 0.1) is 0 Å². The van der Waals surface area contributed by atoms with E-state index in [2.05, 4.69) is 49.8 Å². The van der Waals surface area contributed by atoms with Gasteiger partial charge < -0.3 is 0 Å². The monoisotopic (exact) mass is 312 g/mol. The Morgan fingerprint density at radius 2 is 1.57 bits per heavy atom. The molecule has 0 saturated carbocycles. The Hall–Kier alpha value is -0.910. The van der Waals surface area contributed by atoms with Crippen molar-refractivity contribution >= 4 is 10.2 Å². The molecule has 1 N–H and O–H groups in total. The smallest absolute Gasteiger partial charge is 0.202 e. The zero-order valence-corrected chi connectivity index (χ0v) is 14.6. The molecular formula is C16H28N2O2S. The molecule has 0 radical (unpaired) electrons. The van der Waals surface area contributed by atoms with E-state index >= 15 is 0 Å². The van der Waals surface area contributed by atoms with Gasteiger partial charge in [-0.15, -0.1) is 0 Å². The van der Waals surface area contributed by atoms with Gasteiger partial charge in [0.1, 0.15) is 0 Å². The first-order valence-corrected chi connectivity index (χ1v) is 8.99. The third-order valence-electron chi connectivity index (χ3n) is 3.56. The van der Waals surface area contributed by atoms with Crippen LogP contribution in [0.2, 0.25) is 0 Å². The van der Waals surface area contributed by atoms with Crippen molar-refractivity contribution in [2.24, 2.45) is 0 Å². The van der Waals surface area contributed by atoms with Crippen LogP contribution in [-0.2, 0) is 22.0 Å². The summed E-state index contributed by atoms with van der Waals surface area (Å²) < 4.78 is 28.0. The first-order valence-electron chi connectivity index (χ1n) is 7.55. The molecule has 21 heavy (non-hydrogen) atoms. The number of nitrogens with zero attached hydrogens (tertiary/aromatic N) is 1. The average molecular weight is 312 g/mol. The lowest BCUT2D eigenvalue weighted by atomic mass is 9.86. The third-order valence-corrected chi connectivity index (χ3v) is 5.33. The Bertz CT molecular complexity index is 526. The quantitative estimate of drug-likeness (QED) is 0.841.